The second kappa shape index (κ2) is 8.47. The highest BCUT2D eigenvalue weighted by Gasteiger charge is 2.36. The van der Waals surface area contributed by atoms with Gasteiger partial charge in [0, 0.05) is 13.1 Å². The van der Waals surface area contributed by atoms with Crippen molar-refractivity contribution in [2.45, 2.75) is 27.7 Å². The third-order valence-electron chi connectivity index (χ3n) is 3.27. The van der Waals surface area contributed by atoms with Gasteiger partial charge in [0.2, 0.25) is 11.8 Å². The zero-order valence-electron chi connectivity index (χ0n) is 13.8. The second-order valence-electron chi connectivity index (χ2n) is 5.98. The topological polar surface area (TPSA) is 142 Å². The van der Waals surface area contributed by atoms with Gasteiger partial charge in [0.1, 0.15) is 10.8 Å². The number of ether oxygens (including phenoxy) is 1. The molecule has 0 unspecified atom stereocenters. The number of carboxylic acid groups (broad SMARTS) is 2. The number of carboxylic acids is 2. The molecule has 0 fully saturated rings. The number of nitrogens with one attached hydrogen (secondary N) is 2. The van der Waals surface area contributed by atoms with Gasteiger partial charge >= 0.3 is 11.9 Å². The molecule has 0 radical (unpaired) electrons. The SMILES string of the molecule is CC(C)(C(=O)O)C(=O)NCCOCCNC(=O)C(C)(C)C(=O)O. The van der Waals surface area contributed by atoms with E-state index >= 15 is 0 Å². The molecule has 0 rings (SSSR count). The molecule has 9 heteroatoms. The molecule has 0 atom stereocenters. The lowest BCUT2D eigenvalue weighted by Gasteiger charge is -2.19. The first-order valence-electron chi connectivity index (χ1n) is 7.05. The van der Waals surface area contributed by atoms with E-state index in [4.69, 9.17) is 14.9 Å². The molecule has 0 saturated carbocycles. The highest BCUT2D eigenvalue weighted by atomic mass is 16.5. The Morgan fingerprint density at radius 2 is 1.09 bits per heavy atom. The lowest BCUT2D eigenvalue weighted by atomic mass is 9.93. The maximum atomic E-state index is 11.6. The Morgan fingerprint density at radius 1 is 0.783 bits per heavy atom. The van der Waals surface area contributed by atoms with Crippen LogP contribution in [-0.4, -0.2) is 60.3 Å². The molecule has 23 heavy (non-hydrogen) atoms. The van der Waals surface area contributed by atoms with Crippen LogP contribution in [0, 0.1) is 10.8 Å². The summed E-state index contributed by atoms with van der Waals surface area (Å²) in [6.45, 7) is 5.72. The zero-order valence-corrected chi connectivity index (χ0v) is 13.8. The van der Waals surface area contributed by atoms with Gasteiger partial charge in [0.05, 0.1) is 13.2 Å². The molecular weight excluding hydrogens is 308 g/mol. The summed E-state index contributed by atoms with van der Waals surface area (Å²) in [5.74, 6) is -3.69. The van der Waals surface area contributed by atoms with Crippen LogP contribution in [0.3, 0.4) is 0 Å². The predicted molar refractivity (Wildman–Crippen MR) is 79.7 cm³/mol. The Hall–Kier alpha value is -2.16. The third-order valence-corrected chi connectivity index (χ3v) is 3.27. The molecule has 0 spiro atoms. The number of aliphatic carboxylic acids is 2. The van der Waals surface area contributed by atoms with Crippen molar-refractivity contribution < 1.29 is 34.1 Å². The molecule has 0 saturated heterocycles. The fourth-order valence-electron chi connectivity index (χ4n) is 1.21. The summed E-state index contributed by atoms with van der Waals surface area (Å²) in [6, 6.07) is 0. The summed E-state index contributed by atoms with van der Waals surface area (Å²) < 4.78 is 5.16. The number of carbonyl (C=O) groups is 4. The van der Waals surface area contributed by atoms with Crippen LogP contribution < -0.4 is 10.6 Å². The number of hydrogen-bond acceptors (Lipinski definition) is 5. The van der Waals surface area contributed by atoms with Gasteiger partial charge in [-0.15, -0.1) is 0 Å². The van der Waals surface area contributed by atoms with Gasteiger partial charge in [-0.2, -0.15) is 0 Å². The second-order valence-corrected chi connectivity index (χ2v) is 5.98. The predicted octanol–water partition coefficient (Wildman–Crippen LogP) is -0.543. The van der Waals surface area contributed by atoms with Crippen LogP contribution in [0.1, 0.15) is 27.7 Å². The van der Waals surface area contributed by atoms with Gasteiger partial charge in [-0.1, -0.05) is 0 Å². The minimum atomic E-state index is -1.52. The summed E-state index contributed by atoms with van der Waals surface area (Å²) >= 11 is 0. The largest absolute Gasteiger partial charge is 0.480 e. The van der Waals surface area contributed by atoms with Gasteiger partial charge in [0.15, 0.2) is 0 Å². The fraction of sp³-hybridized carbons (Fsp3) is 0.714. The molecule has 0 aliphatic rings. The van der Waals surface area contributed by atoms with Crippen molar-refractivity contribution >= 4 is 23.8 Å². The van der Waals surface area contributed by atoms with Gasteiger partial charge in [-0.25, -0.2) is 0 Å². The zero-order chi connectivity index (χ0) is 18.3. The average molecular weight is 332 g/mol. The Labute approximate surface area is 134 Å². The summed E-state index contributed by atoms with van der Waals surface area (Å²) in [6.07, 6.45) is 0. The molecule has 132 valence electrons. The van der Waals surface area contributed by atoms with Crippen molar-refractivity contribution in [3.8, 4) is 0 Å². The normalized spacial score (nSPS) is 11.7. The highest BCUT2D eigenvalue weighted by Crippen LogP contribution is 2.15. The van der Waals surface area contributed by atoms with Crippen LogP contribution in [0.25, 0.3) is 0 Å². The van der Waals surface area contributed by atoms with Crippen molar-refractivity contribution in [3.63, 3.8) is 0 Å². The summed E-state index contributed by atoms with van der Waals surface area (Å²) in [7, 11) is 0. The maximum absolute atomic E-state index is 11.6. The van der Waals surface area contributed by atoms with Crippen LogP contribution in [0.15, 0.2) is 0 Å². The van der Waals surface area contributed by atoms with Crippen LogP contribution in [0.5, 0.6) is 0 Å². The molecule has 0 aromatic carbocycles. The van der Waals surface area contributed by atoms with Crippen molar-refractivity contribution in [2.24, 2.45) is 10.8 Å². The molecule has 0 heterocycles. The summed E-state index contributed by atoms with van der Waals surface area (Å²) in [4.78, 5) is 44.9. The summed E-state index contributed by atoms with van der Waals surface area (Å²) in [5.41, 5.74) is -3.03. The minimum absolute atomic E-state index is 0.129. The van der Waals surface area contributed by atoms with Crippen LogP contribution in [0.4, 0.5) is 0 Å². The fourth-order valence-corrected chi connectivity index (χ4v) is 1.21. The van der Waals surface area contributed by atoms with Crippen molar-refractivity contribution in [2.75, 3.05) is 26.3 Å². The molecule has 2 amide bonds. The summed E-state index contributed by atoms with van der Waals surface area (Å²) in [5, 5.41) is 22.6. The molecule has 4 N–H and O–H groups in total. The molecular formula is C14H24N2O7. The third kappa shape index (κ3) is 6.23. The molecule has 0 bridgehead atoms. The molecule has 0 aromatic rings. The molecule has 0 aliphatic heterocycles. The quantitative estimate of drug-likeness (QED) is 0.311. The Bertz CT molecular complexity index is 430. The van der Waals surface area contributed by atoms with E-state index in [1.54, 1.807) is 0 Å². The maximum Gasteiger partial charge on any atom is 0.318 e. The van der Waals surface area contributed by atoms with E-state index < -0.39 is 34.6 Å². The number of hydrogen-bond donors (Lipinski definition) is 4. The Morgan fingerprint density at radius 3 is 1.35 bits per heavy atom. The first-order chi connectivity index (χ1) is 10.4. The lowest BCUT2D eigenvalue weighted by molar-refractivity contribution is -0.154. The van der Waals surface area contributed by atoms with Crippen LogP contribution in [-0.2, 0) is 23.9 Å². The van der Waals surface area contributed by atoms with Gasteiger partial charge in [-0.3, -0.25) is 19.2 Å². The van der Waals surface area contributed by atoms with E-state index in [2.05, 4.69) is 10.6 Å². The van der Waals surface area contributed by atoms with Gasteiger partial charge in [-0.05, 0) is 27.7 Å². The Balaban J connectivity index is 3.88. The van der Waals surface area contributed by atoms with E-state index in [0.717, 1.165) is 0 Å². The van der Waals surface area contributed by atoms with E-state index in [9.17, 15) is 19.2 Å². The van der Waals surface area contributed by atoms with Crippen molar-refractivity contribution in [3.05, 3.63) is 0 Å². The number of rotatable bonds is 10. The lowest BCUT2D eigenvalue weighted by Crippen LogP contribution is -2.44. The molecule has 9 nitrogen and oxygen atoms in total. The van der Waals surface area contributed by atoms with E-state index in [1.807, 2.05) is 0 Å². The van der Waals surface area contributed by atoms with E-state index in [0.29, 0.717) is 0 Å². The molecule has 0 aliphatic carbocycles. The average Bonchev–Trinajstić information content (AvgIpc) is 2.44. The first kappa shape index (κ1) is 20.8. The van der Waals surface area contributed by atoms with Gasteiger partial charge < -0.3 is 25.6 Å². The standard InChI is InChI=1S/C14H24N2O7/c1-13(2,11(19)20)9(17)15-5-7-23-8-6-16-10(18)14(3,4)12(21)22/h5-8H2,1-4H3,(H,15,17)(H,16,18)(H,19,20)(H,21,22). The van der Waals surface area contributed by atoms with Crippen LogP contribution >= 0.6 is 0 Å². The Kier molecular flexibility index (Phi) is 7.67. The van der Waals surface area contributed by atoms with E-state index in [1.165, 1.54) is 27.7 Å². The van der Waals surface area contributed by atoms with Crippen molar-refractivity contribution in [1.29, 1.82) is 0 Å². The van der Waals surface area contributed by atoms with E-state index in [-0.39, 0.29) is 26.3 Å². The number of amides is 2. The molecule has 0 aromatic heterocycles. The highest BCUT2D eigenvalue weighted by molar-refractivity contribution is 6.01. The van der Waals surface area contributed by atoms with Crippen LogP contribution in [0.2, 0.25) is 0 Å². The minimum Gasteiger partial charge on any atom is -0.480 e. The smallest absolute Gasteiger partial charge is 0.318 e. The van der Waals surface area contributed by atoms with Crippen molar-refractivity contribution in [1.82, 2.24) is 10.6 Å². The first-order valence-corrected chi connectivity index (χ1v) is 7.05. The number of carbonyl (C=O) groups excluding carboxylic acids is 2. The monoisotopic (exact) mass is 332 g/mol. The van der Waals surface area contributed by atoms with Gasteiger partial charge in [0.25, 0.3) is 0 Å².